The summed E-state index contributed by atoms with van der Waals surface area (Å²) in [5, 5.41) is 22.8. The quantitative estimate of drug-likeness (QED) is 0.419. The molecule has 1 spiro atoms. The van der Waals surface area contributed by atoms with E-state index >= 15 is 0 Å². The Morgan fingerprint density at radius 1 is 1.36 bits per heavy atom. The number of anilines is 2. The molecule has 1 aliphatic carbocycles. The highest BCUT2D eigenvalue weighted by Gasteiger charge is 2.61. The van der Waals surface area contributed by atoms with E-state index < -0.39 is 16.7 Å². The molecule has 3 heterocycles. The van der Waals surface area contributed by atoms with Gasteiger partial charge in [-0.1, -0.05) is 60.7 Å². The summed E-state index contributed by atoms with van der Waals surface area (Å²) >= 11 is 9.13. The summed E-state index contributed by atoms with van der Waals surface area (Å²) in [5.41, 5.74) is 7.16. The van der Waals surface area contributed by atoms with E-state index in [-0.39, 0.29) is 29.2 Å². The van der Waals surface area contributed by atoms with Gasteiger partial charge in [-0.25, -0.2) is 0 Å². The molecule has 1 atom stereocenters. The maximum atomic E-state index is 13.9. The highest BCUT2D eigenvalue weighted by Crippen LogP contribution is 2.58. The van der Waals surface area contributed by atoms with Crippen LogP contribution < -0.4 is 16.0 Å². The Bertz CT molecular complexity index is 1470. The van der Waals surface area contributed by atoms with Crippen LogP contribution in [0.1, 0.15) is 37.8 Å². The number of carbonyl (C=O) groups excluding carboxylic acids is 2. The smallest absolute Gasteiger partial charge is 0.245 e. The van der Waals surface area contributed by atoms with Crippen LogP contribution in [-0.2, 0) is 15.0 Å². The molecule has 0 unspecified atom stereocenters. The van der Waals surface area contributed by atoms with Crippen LogP contribution in [0.15, 0.2) is 51.8 Å². The van der Waals surface area contributed by atoms with Crippen LogP contribution in [0.5, 0.6) is 0 Å². The van der Waals surface area contributed by atoms with E-state index in [0.29, 0.717) is 49.2 Å². The van der Waals surface area contributed by atoms with Gasteiger partial charge in [-0.15, -0.1) is 16.8 Å². The number of nitrogens with zero attached hydrogens (tertiary/aromatic N) is 4. The van der Waals surface area contributed by atoms with E-state index in [9.17, 15) is 14.9 Å². The summed E-state index contributed by atoms with van der Waals surface area (Å²) < 4.78 is 0.703. The topological polar surface area (TPSA) is 125 Å². The van der Waals surface area contributed by atoms with Gasteiger partial charge in [0.25, 0.3) is 0 Å². The second kappa shape index (κ2) is 8.47. The number of thioether (sulfide) groups is 1. The highest BCUT2D eigenvalue weighted by atomic mass is 35.5. The van der Waals surface area contributed by atoms with Gasteiger partial charge in [0.1, 0.15) is 17.3 Å². The summed E-state index contributed by atoms with van der Waals surface area (Å²) in [6.07, 6.45) is 2.46. The van der Waals surface area contributed by atoms with E-state index in [4.69, 9.17) is 17.3 Å². The Morgan fingerprint density at radius 3 is 2.81 bits per heavy atom. The Hall–Kier alpha value is -3.13. The number of allylic oxidation sites excluding steroid dienone is 1. The van der Waals surface area contributed by atoms with E-state index in [2.05, 4.69) is 28.2 Å². The molecule has 1 amide bonds. The second-order valence-electron chi connectivity index (χ2n) is 9.72. The number of nitrogens with one attached hydrogen (secondary N) is 1. The molecule has 184 valence electrons. The molecular formula is C25H23ClN6O2S2. The van der Waals surface area contributed by atoms with Crippen LogP contribution in [0.2, 0.25) is 5.02 Å². The van der Waals surface area contributed by atoms with Crippen LogP contribution in [0.4, 0.5) is 10.8 Å². The molecule has 11 heteroatoms. The Balaban J connectivity index is 1.83. The lowest BCUT2D eigenvalue weighted by Crippen LogP contribution is -2.52. The largest absolute Gasteiger partial charge is 0.384 e. The predicted molar refractivity (Wildman–Crippen MR) is 142 cm³/mol. The lowest BCUT2D eigenvalue weighted by Gasteiger charge is -2.45. The number of hydrogen-bond donors (Lipinski definition) is 2. The fourth-order valence-electron chi connectivity index (χ4n) is 5.31. The minimum atomic E-state index is -1.66. The van der Waals surface area contributed by atoms with Crippen LogP contribution in [0.3, 0.4) is 0 Å². The first-order valence-corrected chi connectivity index (χ1v) is 13.4. The monoisotopic (exact) mass is 538 g/mol. The van der Waals surface area contributed by atoms with Crippen LogP contribution >= 0.6 is 34.7 Å². The number of nitrogens with two attached hydrogens (primary N) is 1. The molecular weight excluding hydrogens is 516 g/mol. The van der Waals surface area contributed by atoms with Crippen LogP contribution in [0, 0.1) is 23.7 Å². The Morgan fingerprint density at radius 2 is 2.11 bits per heavy atom. The first-order chi connectivity index (χ1) is 17.1. The number of fused-ring (bicyclic) bond motifs is 3. The van der Waals surface area contributed by atoms with Crippen molar-refractivity contribution in [1.29, 1.82) is 5.26 Å². The van der Waals surface area contributed by atoms with Crippen molar-refractivity contribution in [2.75, 3.05) is 16.0 Å². The molecule has 3 aliphatic rings. The predicted octanol–water partition coefficient (Wildman–Crippen LogP) is 4.83. The van der Waals surface area contributed by atoms with Crippen molar-refractivity contribution in [1.82, 2.24) is 10.2 Å². The fraction of sp³-hybridized carbons (Fsp3) is 0.320. The van der Waals surface area contributed by atoms with Gasteiger partial charge in [0.2, 0.25) is 11.0 Å². The Kier molecular flexibility index (Phi) is 5.78. The van der Waals surface area contributed by atoms with Gasteiger partial charge in [-0.05, 0) is 30.4 Å². The van der Waals surface area contributed by atoms with Gasteiger partial charge in [0, 0.05) is 34.0 Å². The van der Waals surface area contributed by atoms with E-state index in [0.717, 1.165) is 0 Å². The van der Waals surface area contributed by atoms with Gasteiger partial charge >= 0.3 is 0 Å². The number of amides is 1. The lowest BCUT2D eigenvalue weighted by atomic mass is 9.61. The number of aromatic nitrogens is 2. The normalized spacial score (nSPS) is 22.5. The molecule has 2 aromatic rings. The summed E-state index contributed by atoms with van der Waals surface area (Å²) in [6, 6.07) is 5.56. The molecule has 0 fully saturated rings. The van der Waals surface area contributed by atoms with Crippen molar-refractivity contribution in [2.45, 2.75) is 43.4 Å². The zero-order valence-electron chi connectivity index (χ0n) is 19.9. The van der Waals surface area contributed by atoms with Gasteiger partial charge in [0.15, 0.2) is 10.1 Å². The van der Waals surface area contributed by atoms with Crippen LogP contribution in [-0.4, -0.2) is 27.6 Å². The minimum Gasteiger partial charge on any atom is -0.384 e. The van der Waals surface area contributed by atoms with Gasteiger partial charge in [-0.2, -0.15) is 5.26 Å². The average Bonchev–Trinajstić information content (AvgIpc) is 3.38. The number of halogens is 1. The van der Waals surface area contributed by atoms with Gasteiger partial charge in [0.05, 0.1) is 11.3 Å². The standard InChI is InChI=1S/C25H23ClN6O2S2/c1-5-8-35-23-31-30-22(36-23)32-16-9-24(3,4)10-17(33)18(16)25(14(11-27)20(32)28)13-6-7-15(26)12(2)19(13)29-21(25)34/h5-7H,1,8-10,28H2,2-4H3,(H,29,34)/t25-/m0/s1. The zero-order chi connectivity index (χ0) is 26.0. The molecule has 3 N–H and O–H groups in total. The minimum absolute atomic E-state index is 0.0113. The molecule has 0 saturated carbocycles. The maximum Gasteiger partial charge on any atom is 0.245 e. The van der Waals surface area contributed by atoms with Crippen molar-refractivity contribution in [2.24, 2.45) is 11.1 Å². The van der Waals surface area contributed by atoms with Gasteiger partial charge in [-0.3, -0.25) is 14.5 Å². The van der Waals surface area contributed by atoms with E-state index in [1.165, 1.54) is 23.1 Å². The fourth-order valence-corrected chi connectivity index (χ4v) is 7.10. The molecule has 0 radical (unpaired) electrons. The summed E-state index contributed by atoms with van der Waals surface area (Å²) in [6.45, 7) is 9.52. The summed E-state index contributed by atoms with van der Waals surface area (Å²) in [7, 11) is 0. The third-order valence-corrected chi connectivity index (χ3v) is 9.22. The third-order valence-electron chi connectivity index (χ3n) is 6.78. The Labute approximate surface area is 221 Å². The first kappa shape index (κ1) is 24.6. The molecule has 36 heavy (non-hydrogen) atoms. The van der Waals surface area contributed by atoms with E-state index in [1.54, 1.807) is 30.0 Å². The number of rotatable bonds is 4. The number of hydrogen-bond acceptors (Lipinski definition) is 9. The number of benzene rings is 1. The molecule has 0 saturated heterocycles. The molecule has 1 aromatic carbocycles. The SMILES string of the molecule is C=CCSc1nnc(N2C(N)=C(C#N)[C@]3(C(=O)Nc4c3ccc(Cl)c4C)C3=C2CC(C)(C)CC3=O)s1. The maximum absolute atomic E-state index is 13.9. The number of Topliss-reactive ketones (excluding diaryl/α,β-unsaturated/α-hetero) is 1. The number of ketones is 1. The molecule has 2 aliphatic heterocycles. The number of carbonyl (C=O) groups is 2. The van der Waals surface area contributed by atoms with Crippen molar-refractivity contribution >= 4 is 57.2 Å². The summed E-state index contributed by atoms with van der Waals surface area (Å²) in [5.74, 6) is 0.0360. The van der Waals surface area contributed by atoms with E-state index in [1.807, 2.05) is 13.8 Å². The van der Waals surface area contributed by atoms with Gasteiger partial charge < -0.3 is 11.1 Å². The molecule has 0 bridgehead atoms. The second-order valence-corrected chi connectivity index (χ2v) is 12.3. The van der Waals surface area contributed by atoms with Crippen molar-refractivity contribution < 1.29 is 9.59 Å². The van der Waals surface area contributed by atoms with Crippen molar-refractivity contribution in [3.63, 3.8) is 0 Å². The molecule has 1 aromatic heterocycles. The summed E-state index contributed by atoms with van der Waals surface area (Å²) in [4.78, 5) is 29.4. The lowest BCUT2D eigenvalue weighted by molar-refractivity contribution is -0.123. The van der Waals surface area contributed by atoms with Crippen molar-refractivity contribution in [3.05, 3.63) is 63.6 Å². The average molecular weight is 539 g/mol. The van der Waals surface area contributed by atoms with Crippen LogP contribution in [0.25, 0.3) is 0 Å². The highest BCUT2D eigenvalue weighted by molar-refractivity contribution is 8.01. The molecule has 8 nitrogen and oxygen atoms in total. The first-order valence-electron chi connectivity index (χ1n) is 11.2. The third kappa shape index (κ3) is 3.34. The number of nitriles is 1. The van der Waals surface area contributed by atoms with Crippen molar-refractivity contribution in [3.8, 4) is 6.07 Å². The zero-order valence-corrected chi connectivity index (χ0v) is 22.3. The molecule has 5 rings (SSSR count).